The zero-order valence-electron chi connectivity index (χ0n) is 17.8. The van der Waals surface area contributed by atoms with Gasteiger partial charge in [-0.15, -0.1) is 0 Å². The van der Waals surface area contributed by atoms with Gasteiger partial charge < -0.3 is 19.9 Å². The van der Waals surface area contributed by atoms with Crippen molar-refractivity contribution in [1.29, 1.82) is 0 Å². The number of halogens is 2. The Kier molecular flexibility index (Phi) is 9.27. The first-order chi connectivity index (χ1) is 15.5. The summed E-state index contributed by atoms with van der Waals surface area (Å²) in [6.07, 6.45) is 0.101. The maximum absolute atomic E-state index is 10.3. The largest absolute Gasteiger partial charge is 0.497 e. The van der Waals surface area contributed by atoms with Gasteiger partial charge in [0, 0.05) is 18.2 Å². The van der Waals surface area contributed by atoms with Crippen LogP contribution in [-0.2, 0) is 6.42 Å². The molecule has 0 fully saturated rings. The summed E-state index contributed by atoms with van der Waals surface area (Å²) in [5.41, 5.74) is 2.73. The molecule has 0 saturated heterocycles. The quantitative estimate of drug-likeness (QED) is 0.343. The Balaban J connectivity index is 1.52. The Morgan fingerprint density at radius 1 is 0.969 bits per heavy atom. The van der Waals surface area contributed by atoms with Crippen molar-refractivity contribution in [2.75, 3.05) is 26.8 Å². The highest BCUT2D eigenvalue weighted by Crippen LogP contribution is 2.25. The Bertz CT molecular complexity index is 1080. The van der Waals surface area contributed by atoms with Crippen molar-refractivity contribution in [2.45, 2.75) is 12.5 Å². The third-order valence-electron chi connectivity index (χ3n) is 4.69. The molecule has 6 heteroatoms. The number of ether oxygens (including phenoxy) is 2. The van der Waals surface area contributed by atoms with Gasteiger partial charge in [0.25, 0.3) is 0 Å². The van der Waals surface area contributed by atoms with Crippen LogP contribution in [0.4, 0.5) is 0 Å². The predicted octanol–water partition coefficient (Wildman–Crippen LogP) is 4.97. The number of benzene rings is 3. The summed E-state index contributed by atoms with van der Waals surface area (Å²) in [4.78, 5) is 0. The number of nitrogens with one attached hydrogen (secondary N) is 1. The molecule has 3 aromatic rings. The second-order valence-corrected chi connectivity index (χ2v) is 7.96. The highest BCUT2D eigenvalue weighted by atomic mass is 35.5. The van der Waals surface area contributed by atoms with Gasteiger partial charge >= 0.3 is 0 Å². The van der Waals surface area contributed by atoms with Gasteiger partial charge in [-0.1, -0.05) is 59.3 Å². The topological polar surface area (TPSA) is 50.7 Å². The molecule has 0 amide bonds. The summed E-state index contributed by atoms with van der Waals surface area (Å²) in [5, 5.41) is 14.6. The van der Waals surface area contributed by atoms with Crippen molar-refractivity contribution in [3.63, 3.8) is 0 Å². The first-order valence-electron chi connectivity index (χ1n) is 10.3. The normalized spacial score (nSPS) is 11.4. The van der Waals surface area contributed by atoms with E-state index in [9.17, 15) is 5.11 Å². The molecule has 0 aliphatic rings. The molecule has 166 valence electrons. The molecular formula is C26H25Cl2NO3. The van der Waals surface area contributed by atoms with Crippen LogP contribution in [-0.4, -0.2) is 38.0 Å². The SMILES string of the molecule is COc1ccc(C#Cc2ccccc2)c(OCC(O)CNCCc2ccc(Cl)c(Cl)c2)c1. The molecule has 4 nitrogen and oxygen atoms in total. The third kappa shape index (κ3) is 7.47. The van der Waals surface area contributed by atoms with Gasteiger partial charge in [-0.3, -0.25) is 0 Å². The number of aliphatic hydroxyl groups excluding tert-OH is 1. The average Bonchev–Trinajstić information content (AvgIpc) is 2.82. The van der Waals surface area contributed by atoms with Gasteiger partial charge in [0.2, 0.25) is 0 Å². The number of aliphatic hydroxyl groups is 1. The summed E-state index contributed by atoms with van der Waals surface area (Å²) in [6.45, 7) is 1.23. The molecule has 0 saturated carbocycles. The molecule has 2 N–H and O–H groups in total. The maximum atomic E-state index is 10.3. The first kappa shape index (κ1) is 24.0. The molecule has 0 spiro atoms. The van der Waals surface area contributed by atoms with Crippen molar-refractivity contribution in [2.24, 2.45) is 0 Å². The highest BCUT2D eigenvalue weighted by Gasteiger charge is 2.09. The van der Waals surface area contributed by atoms with Crippen LogP contribution in [0.2, 0.25) is 10.0 Å². The van der Waals surface area contributed by atoms with Crippen molar-refractivity contribution in [3.05, 3.63) is 93.5 Å². The lowest BCUT2D eigenvalue weighted by atomic mass is 10.1. The predicted molar refractivity (Wildman–Crippen MR) is 130 cm³/mol. The molecular weight excluding hydrogens is 445 g/mol. The summed E-state index contributed by atoms with van der Waals surface area (Å²) in [6, 6.07) is 20.8. The second kappa shape index (κ2) is 12.4. The lowest BCUT2D eigenvalue weighted by Gasteiger charge is -2.15. The lowest BCUT2D eigenvalue weighted by Crippen LogP contribution is -2.32. The fraction of sp³-hybridized carbons (Fsp3) is 0.231. The minimum Gasteiger partial charge on any atom is -0.497 e. The average molecular weight is 470 g/mol. The van der Waals surface area contributed by atoms with Gasteiger partial charge in [0.05, 0.1) is 22.7 Å². The summed E-state index contributed by atoms with van der Waals surface area (Å²) in [7, 11) is 1.60. The number of hydrogen-bond acceptors (Lipinski definition) is 4. The minimum absolute atomic E-state index is 0.132. The molecule has 0 aliphatic carbocycles. The van der Waals surface area contributed by atoms with E-state index in [2.05, 4.69) is 17.2 Å². The number of methoxy groups -OCH3 is 1. The van der Waals surface area contributed by atoms with E-state index in [0.29, 0.717) is 34.6 Å². The summed E-state index contributed by atoms with van der Waals surface area (Å²) in [5.74, 6) is 7.50. The molecule has 3 rings (SSSR count). The van der Waals surface area contributed by atoms with E-state index >= 15 is 0 Å². The smallest absolute Gasteiger partial charge is 0.138 e. The Hall–Kier alpha value is -2.68. The molecule has 0 heterocycles. The fourth-order valence-electron chi connectivity index (χ4n) is 2.95. The minimum atomic E-state index is -0.676. The van der Waals surface area contributed by atoms with Crippen molar-refractivity contribution < 1.29 is 14.6 Å². The van der Waals surface area contributed by atoms with E-state index in [1.54, 1.807) is 19.2 Å². The van der Waals surface area contributed by atoms with E-state index in [1.165, 1.54) is 0 Å². The summed E-state index contributed by atoms with van der Waals surface area (Å²) < 4.78 is 11.2. The molecule has 32 heavy (non-hydrogen) atoms. The van der Waals surface area contributed by atoms with E-state index in [1.807, 2.05) is 54.6 Å². The van der Waals surface area contributed by atoms with Crippen LogP contribution in [0.25, 0.3) is 0 Å². The Morgan fingerprint density at radius 2 is 1.78 bits per heavy atom. The molecule has 0 bridgehead atoms. The Morgan fingerprint density at radius 3 is 2.53 bits per heavy atom. The zero-order valence-corrected chi connectivity index (χ0v) is 19.3. The standard InChI is InChI=1S/C26H25Cl2NO3/c1-31-23-11-10-21(9-7-19-5-3-2-4-6-19)26(16-23)32-18-22(30)17-29-14-13-20-8-12-24(27)25(28)15-20/h2-6,8,10-12,15-16,22,29-30H,13-14,17-18H2,1H3. The second-order valence-electron chi connectivity index (χ2n) is 7.15. The molecule has 1 atom stereocenters. The first-order valence-corrected chi connectivity index (χ1v) is 11.0. The van der Waals surface area contributed by atoms with Crippen LogP contribution in [0, 0.1) is 11.8 Å². The van der Waals surface area contributed by atoms with E-state index in [-0.39, 0.29) is 6.61 Å². The van der Waals surface area contributed by atoms with E-state index < -0.39 is 6.10 Å². The Labute approximate surface area is 199 Å². The summed E-state index contributed by atoms with van der Waals surface area (Å²) >= 11 is 12.0. The van der Waals surface area contributed by atoms with Gasteiger partial charge in [-0.05, 0) is 54.9 Å². The van der Waals surface area contributed by atoms with E-state index in [0.717, 1.165) is 23.1 Å². The van der Waals surface area contributed by atoms with Crippen LogP contribution in [0.3, 0.4) is 0 Å². The van der Waals surface area contributed by atoms with Gasteiger partial charge in [0.1, 0.15) is 24.2 Å². The molecule has 0 aromatic heterocycles. The molecule has 0 radical (unpaired) electrons. The number of rotatable bonds is 9. The zero-order chi connectivity index (χ0) is 22.8. The van der Waals surface area contributed by atoms with Crippen LogP contribution in [0.15, 0.2) is 66.7 Å². The third-order valence-corrected chi connectivity index (χ3v) is 5.43. The van der Waals surface area contributed by atoms with E-state index in [4.69, 9.17) is 32.7 Å². The molecule has 3 aromatic carbocycles. The highest BCUT2D eigenvalue weighted by molar-refractivity contribution is 6.42. The van der Waals surface area contributed by atoms with Gasteiger partial charge in [-0.25, -0.2) is 0 Å². The van der Waals surface area contributed by atoms with Crippen LogP contribution >= 0.6 is 23.2 Å². The molecule has 0 aliphatic heterocycles. The van der Waals surface area contributed by atoms with Gasteiger partial charge in [-0.2, -0.15) is 0 Å². The lowest BCUT2D eigenvalue weighted by molar-refractivity contribution is 0.106. The van der Waals surface area contributed by atoms with Crippen molar-refractivity contribution >= 4 is 23.2 Å². The van der Waals surface area contributed by atoms with Crippen LogP contribution < -0.4 is 14.8 Å². The van der Waals surface area contributed by atoms with Gasteiger partial charge in [0.15, 0.2) is 0 Å². The fourth-order valence-corrected chi connectivity index (χ4v) is 3.28. The van der Waals surface area contributed by atoms with Crippen molar-refractivity contribution in [1.82, 2.24) is 5.32 Å². The monoisotopic (exact) mass is 469 g/mol. The van der Waals surface area contributed by atoms with Crippen LogP contribution in [0.5, 0.6) is 11.5 Å². The number of hydrogen-bond donors (Lipinski definition) is 2. The van der Waals surface area contributed by atoms with Crippen LogP contribution in [0.1, 0.15) is 16.7 Å². The maximum Gasteiger partial charge on any atom is 0.138 e. The van der Waals surface area contributed by atoms with Crippen molar-refractivity contribution in [3.8, 4) is 23.3 Å². The molecule has 1 unspecified atom stereocenters.